The molecule has 0 amide bonds. The van der Waals surface area contributed by atoms with Crippen LogP contribution >= 0.6 is 0 Å². The van der Waals surface area contributed by atoms with E-state index in [1.54, 1.807) is 18.5 Å². The summed E-state index contributed by atoms with van der Waals surface area (Å²) in [5, 5.41) is 13.7. The van der Waals surface area contributed by atoms with Crippen LogP contribution in [0.4, 0.5) is 18.9 Å². The largest absolute Gasteiger partial charge is 0.501 e. The SMILES string of the molecule is Cc1c(O)n(-c2ccc(S(=O)(=O)C(F)(F)F)cc2)c(=O)n1Cc1ccncc1NC(C)C. The van der Waals surface area contributed by atoms with E-state index in [-0.39, 0.29) is 24.0 Å². The van der Waals surface area contributed by atoms with Gasteiger partial charge in [-0.25, -0.2) is 17.8 Å². The van der Waals surface area contributed by atoms with Crippen LogP contribution in [0.15, 0.2) is 52.4 Å². The van der Waals surface area contributed by atoms with Gasteiger partial charge in [-0.15, -0.1) is 0 Å². The third kappa shape index (κ3) is 4.22. The zero-order valence-corrected chi connectivity index (χ0v) is 18.2. The highest BCUT2D eigenvalue weighted by Gasteiger charge is 2.46. The van der Waals surface area contributed by atoms with Crippen molar-refractivity contribution in [1.29, 1.82) is 0 Å². The second kappa shape index (κ2) is 8.34. The molecule has 0 unspecified atom stereocenters. The van der Waals surface area contributed by atoms with Gasteiger partial charge in [-0.1, -0.05) is 0 Å². The number of sulfone groups is 1. The van der Waals surface area contributed by atoms with Gasteiger partial charge in [0.05, 0.1) is 34.7 Å². The third-order valence-electron chi connectivity index (χ3n) is 4.76. The Hall–Kier alpha value is -3.28. The van der Waals surface area contributed by atoms with Gasteiger partial charge in [0.15, 0.2) is 0 Å². The Morgan fingerprint density at radius 3 is 2.34 bits per heavy atom. The molecule has 0 radical (unpaired) electrons. The van der Waals surface area contributed by atoms with Gasteiger partial charge in [0.25, 0.3) is 9.84 Å². The number of hydrogen-bond acceptors (Lipinski definition) is 6. The summed E-state index contributed by atoms with van der Waals surface area (Å²) < 4.78 is 63.5. The highest BCUT2D eigenvalue weighted by atomic mass is 32.2. The van der Waals surface area contributed by atoms with Crippen LogP contribution < -0.4 is 11.0 Å². The first-order chi connectivity index (χ1) is 14.8. The van der Waals surface area contributed by atoms with Crippen molar-refractivity contribution in [1.82, 2.24) is 14.1 Å². The lowest BCUT2D eigenvalue weighted by Crippen LogP contribution is -2.25. The van der Waals surface area contributed by atoms with Crippen molar-refractivity contribution >= 4 is 15.5 Å². The predicted molar refractivity (Wildman–Crippen MR) is 112 cm³/mol. The summed E-state index contributed by atoms with van der Waals surface area (Å²) in [5.41, 5.74) is -4.39. The molecule has 32 heavy (non-hydrogen) atoms. The molecule has 1 aromatic carbocycles. The van der Waals surface area contributed by atoms with Crippen molar-refractivity contribution in [3.63, 3.8) is 0 Å². The molecule has 0 aliphatic heterocycles. The average Bonchev–Trinajstić information content (AvgIpc) is 2.91. The molecule has 12 heteroatoms. The number of aromatic nitrogens is 3. The molecule has 3 rings (SSSR count). The molecule has 2 N–H and O–H groups in total. The van der Waals surface area contributed by atoms with Crippen LogP contribution in [-0.4, -0.2) is 39.2 Å². The highest BCUT2D eigenvalue weighted by molar-refractivity contribution is 7.92. The normalized spacial score (nSPS) is 12.3. The molecule has 0 bridgehead atoms. The monoisotopic (exact) mass is 470 g/mol. The van der Waals surface area contributed by atoms with Crippen LogP contribution in [0.25, 0.3) is 5.69 Å². The number of rotatable bonds is 6. The summed E-state index contributed by atoms with van der Waals surface area (Å²) >= 11 is 0. The molecule has 2 heterocycles. The van der Waals surface area contributed by atoms with Gasteiger partial charge in [-0.2, -0.15) is 13.2 Å². The Morgan fingerprint density at radius 2 is 1.78 bits per heavy atom. The molecule has 8 nitrogen and oxygen atoms in total. The smallest absolute Gasteiger partial charge is 0.493 e. The lowest BCUT2D eigenvalue weighted by Gasteiger charge is -2.14. The van der Waals surface area contributed by atoms with E-state index in [1.807, 2.05) is 13.8 Å². The van der Waals surface area contributed by atoms with Gasteiger partial charge in [0.2, 0.25) is 5.88 Å². The lowest BCUT2D eigenvalue weighted by molar-refractivity contribution is -0.0436. The third-order valence-corrected chi connectivity index (χ3v) is 6.26. The minimum absolute atomic E-state index is 0.0192. The Bertz CT molecular complexity index is 1290. The number of benzene rings is 1. The van der Waals surface area contributed by atoms with E-state index in [0.717, 1.165) is 34.4 Å². The fourth-order valence-electron chi connectivity index (χ4n) is 3.14. The summed E-state index contributed by atoms with van der Waals surface area (Å²) in [6.45, 7) is 5.51. The number of anilines is 1. The average molecular weight is 470 g/mol. The Balaban J connectivity index is 2.02. The zero-order chi connectivity index (χ0) is 23.8. The molecule has 0 fully saturated rings. The van der Waals surface area contributed by atoms with Crippen molar-refractivity contribution in [2.45, 2.75) is 43.8 Å². The molecule has 172 valence electrons. The topological polar surface area (TPSA) is 106 Å². The first-order valence-corrected chi connectivity index (χ1v) is 10.9. The highest BCUT2D eigenvalue weighted by Crippen LogP contribution is 2.31. The van der Waals surface area contributed by atoms with E-state index in [1.165, 1.54) is 11.5 Å². The lowest BCUT2D eigenvalue weighted by atomic mass is 10.2. The van der Waals surface area contributed by atoms with Crippen LogP contribution in [0.2, 0.25) is 0 Å². The van der Waals surface area contributed by atoms with E-state index >= 15 is 0 Å². The fraction of sp³-hybridized carbons (Fsp3) is 0.300. The summed E-state index contributed by atoms with van der Waals surface area (Å²) in [6, 6.07) is 5.37. The Kier molecular flexibility index (Phi) is 6.09. The summed E-state index contributed by atoms with van der Waals surface area (Å²) in [6.07, 6.45) is 3.18. The zero-order valence-electron chi connectivity index (χ0n) is 17.4. The van der Waals surface area contributed by atoms with Gasteiger partial charge in [0, 0.05) is 12.2 Å². The second-order valence-electron chi connectivity index (χ2n) is 7.39. The van der Waals surface area contributed by atoms with Gasteiger partial charge >= 0.3 is 11.2 Å². The number of aromatic hydroxyl groups is 1. The minimum atomic E-state index is -5.52. The van der Waals surface area contributed by atoms with Crippen molar-refractivity contribution < 1.29 is 26.7 Å². The maximum atomic E-state index is 13.0. The number of nitrogens with zero attached hydrogens (tertiary/aromatic N) is 3. The number of halogens is 3. The van der Waals surface area contributed by atoms with E-state index < -0.39 is 31.8 Å². The Morgan fingerprint density at radius 1 is 1.16 bits per heavy atom. The van der Waals surface area contributed by atoms with E-state index in [0.29, 0.717) is 5.69 Å². The number of hydrogen-bond donors (Lipinski definition) is 2. The molecule has 0 saturated carbocycles. The molecule has 2 aromatic heterocycles. The fourth-order valence-corrected chi connectivity index (χ4v) is 3.90. The minimum Gasteiger partial charge on any atom is -0.493 e. The van der Waals surface area contributed by atoms with Crippen molar-refractivity contribution in [3.8, 4) is 11.6 Å². The summed E-state index contributed by atoms with van der Waals surface area (Å²) in [5.74, 6) is -0.408. The molecular weight excluding hydrogens is 449 g/mol. The van der Waals surface area contributed by atoms with Crippen LogP contribution in [0.5, 0.6) is 5.88 Å². The number of alkyl halides is 3. The predicted octanol–water partition coefficient (Wildman–Crippen LogP) is 3.21. The molecule has 0 atom stereocenters. The van der Waals surface area contributed by atoms with Gasteiger partial charge in [0.1, 0.15) is 0 Å². The maximum absolute atomic E-state index is 13.0. The molecule has 3 aromatic rings. The van der Waals surface area contributed by atoms with E-state index in [9.17, 15) is 31.5 Å². The molecule has 0 spiro atoms. The first kappa shape index (κ1) is 23.4. The van der Waals surface area contributed by atoms with Gasteiger partial charge < -0.3 is 10.4 Å². The van der Waals surface area contributed by atoms with Gasteiger partial charge in [-0.3, -0.25) is 9.55 Å². The number of imidazole rings is 1. The van der Waals surface area contributed by atoms with E-state index in [4.69, 9.17) is 0 Å². The quantitative estimate of drug-likeness (QED) is 0.573. The maximum Gasteiger partial charge on any atom is 0.501 e. The molecule has 0 aliphatic carbocycles. The van der Waals surface area contributed by atoms with Crippen molar-refractivity contribution in [3.05, 3.63) is 64.5 Å². The van der Waals surface area contributed by atoms with E-state index in [2.05, 4.69) is 10.3 Å². The summed E-state index contributed by atoms with van der Waals surface area (Å²) in [4.78, 5) is 16.1. The van der Waals surface area contributed by atoms with Crippen LogP contribution in [0.3, 0.4) is 0 Å². The van der Waals surface area contributed by atoms with Crippen molar-refractivity contribution in [2.24, 2.45) is 0 Å². The molecule has 0 saturated heterocycles. The Labute approximate surface area is 181 Å². The standard InChI is InChI=1S/C20H21F3N4O4S/c1-12(2)25-17-10-24-9-8-14(17)11-26-13(3)18(28)27(19(26)29)15-4-6-16(7-5-15)32(30,31)20(21,22)23/h4-10,12,25,28H,11H2,1-3H3. The summed E-state index contributed by atoms with van der Waals surface area (Å²) in [7, 11) is -5.52. The van der Waals surface area contributed by atoms with Crippen molar-refractivity contribution in [2.75, 3.05) is 5.32 Å². The number of nitrogens with one attached hydrogen (secondary N) is 1. The molecular formula is C20H21F3N4O4S. The molecule has 0 aliphatic rings. The van der Waals surface area contributed by atoms with Crippen LogP contribution in [-0.2, 0) is 16.4 Å². The second-order valence-corrected chi connectivity index (χ2v) is 9.33. The first-order valence-electron chi connectivity index (χ1n) is 9.47. The van der Waals surface area contributed by atoms with Crippen LogP contribution in [0, 0.1) is 6.92 Å². The van der Waals surface area contributed by atoms with Crippen LogP contribution in [0.1, 0.15) is 25.1 Å². The van der Waals surface area contributed by atoms with Gasteiger partial charge in [-0.05, 0) is 56.7 Å². The number of pyridine rings is 1.